The maximum Gasteiger partial charge on any atom is 0.122 e. The molecule has 1 heterocycles. The van der Waals surface area contributed by atoms with E-state index < -0.39 is 0 Å². The van der Waals surface area contributed by atoms with Crippen LogP contribution >= 0.6 is 0 Å². The molecule has 2 heteroatoms. The molecule has 1 aromatic rings. The zero-order valence-electron chi connectivity index (χ0n) is 11.7. The molecule has 3 rings (SSSR count). The molecule has 0 saturated heterocycles. The number of ether oxygens (including phenoxy) is 1. The Morgan fingerprint density at radius 3 is 2.89 bits per heavy atom. The fourth-order valence-corrected chi connectivity index (χ4v) is 3.49. The van der Waals surface area contributed by atoms with Gasteiger partial charge in [-0.2, -0.15) is 0 Å². The maximum absolute atomic E-state index is 6.37. The molecule has 1 fully saturated rings. The molecular weight excluding hydrogens is 234 g/mol. The van der Waals surface area contributed by atoms with Gasteiger partial charge in [-0.05, 0) is 48.8 Å². The monoisotopic (exact) mass is 259 g/mol. The van der Waals surface area contributed by atoms with Crippen molar-refractivity contribution < 1.29 is 4.74 Å². The minimum Gasteiger partial charge on any atom is -0.493 e. The Bertz CT molecular complexity index is 423. The molecule has 2 aliphatic rings. The molecule has 1 aliphatic heterocycles. The summed E-state index contributed by atoms with van der Waals surface area (Å²) in [5, 5.41) is 0. The van der Waals surface area contributed by atoms with Crippen molar-refractivity contribution in [3.05, 3.63) is 29.3 Å². The first-order chi connectivity index (χ1) is 9.33. The van der Waals surface area contributed by atoms with E-state index in [0.29, 0.717) is 0 Å². The molecular formula is C17H25NO. The summed E-state index contributed by atoms with van der Waals surface area (Å²) in [6, 6.07) is 6.74. The average Bonchev–Trinajstić information content (AvgIpc) is 2.97. The normalized spacial score (nSPS) is 20.9. The number of nitrogens with two attached hydrogens (primary N) is 1. The second-order valence-corrected chi connectivity index (χ2v) is 6.15. The first-order valence-electron chi connectivity index (χ1n) is 7.84. The molecule has 1 atom stereocenters. The van der Waals surface area contributed by atoms with Gasteiger partial charge in [0, 0.05) is 6.04 Å². The zero-order valence-corrected chi connectivity index (χ0v) is 11.7. The Labute approximate surface area is 116 Å². The van der Waals surface area contributed by atoms with E-state index in [1.807, 2.05) is 0 Å². The summed E-state index contributed by atoms with van der Waals surface area (Å²) in [5.74, 6) is 2.00. The molecule has 19 heavy (non-hydrogen) atoms. The predicted octanol–water partition coefficient (Wildman–Crippen LogP) is 3.98. The number of rotatable bonds is 4. The van der Waals surface area contributed by atoms with Crippen molar-refractivity contribution in [2.75, 3.05) is 6.61 Å². The fraction of sp³-hybridized carbons (Fsp3) is 0.647. The third kappa shape index (κ3) is 3.11. The number of fused-ring (bicyclic) bond motifs is 1. The van der Waals surface area contributed by atoms with Crippen LogP contribution in [0.1, 0.15) is 62.1 Å². The Morgan fingerprint density at radius 2 is 2.05 bits per heavy atom. The zero-order chi connectivity index (χ0) is 13.1. The molecule has 1 aliphatic carbocycles. The smallest absolute Gasteiger partial charge is 0.122 e. The van der Waals surface area contributed by atoms with Crippen LogP contribution < -0.4 is 10.5 Å². The average molecular weight is 259 g/mol. The van der Waals surface area contributed by atoms with Crippen molar-refractivity contribution in [1.82, 2.24) is 0 Å². The highest BCUT2D eigenvalue weighted by molar-refractivity contribution is 5.39. The van der Waals surface area contributed by atoms with Gasteiger partial charge in [0.05, 0.1) is 6.61 Å². The van der Waals surface area contributed by atoms with Crippen molar-refractivity contribution >= 4 is 0 Å². The van der Waals surface area contributed by atoms with Gasteiger partial charge < -0.3 is 10.5 Å². The number of aryl methyl sites for hydroxylation is 1. The van der Waals surface area contributed by atoms with Crippen LogP contribution in [0.15, 0.2) is 18.2 Å². The molecule has 0 bridgehead atoms. The van der Waals surface area contributed by atoms with Crippen LogP contribution in [0, 0.1) is 5.92 Å². The number of hydrogen-bond donors (Lipinski definition) is 1. The lowest BCUT2D eigenvalue weighted by Gasteiger charge is -2.20. The Balaban J connectivity index is 1.60. The van der Waals surface area contributed by atoms with Crippen LogP contribution in [0.3, 0.4) is 0 Å². The van der Waals surface area contributed by atoms with E-state index in [1.165, 1.54) is 43.2 Å². The highest BCUT2D eigenvalue weighted by Gasteiger charge is 2.18. The van der Waals surface area contributed by atoms with Gasteiger partial charge in [-0.15, -0.1) is 0 Å². The van der Waals surface area contributed by atoms with E-state index >= 15 is 0 Å². The van der Waals surface area contributed by atoms with Crippen LogP contribution in [0.2, 0.25) is 0 Å². The first-order valence-corrected chi connectivity index (χ1v) is 7.84. The minimum atomic E-state index is 0.202. The van der Waals surface area contributed by atoms with E-state index in [-0.39, 0.29) is 6.04 Å². The van der Waals surface area contributed by atoms with Gasteiger partial charge >= 0.3 is 0 Å². The minimum absolute atomic E-state index is 0.202. The summed E-state index contributed by atoms with van der Waals surface area (Å²) < 4.78 is 5.66. The van der Waals surface area contributed by atoms with Gasteiger partial charge in [0.1, 0.15) is 5.75 Å². The quantitative estimate of drug-likeness (QED) is 0.887. The SMILES string of the molecule is NC(CCC1CCCC1)c1ccc2c(c1)CCCO2. The predicted molar refractivity (Wildman–Crippen MR) is 78.4 cm³/mol. The molecule has 0 amide bonds. The van der Waals surface area contributed by atoms with Crippen molar-refractivity contribution in [3.63, 3.8) is 0 Å². The summed E-state index contributed by atoms with van der Waals surface area (Å²) in [6.45, 7) is 0.861. The van der Waals surface area contributed by atoms with Gasteiger partial charge in [0.2, 0.25) is 0 Å². The fourth-order valence-electron chi connectivity index (χ4n) is 3.49. The molecule has 2 N–H and O–H groups in total. The van der Waals surface area contributed by atoms with Gasteiger partial charge in [0.25, 0.3) is 0 Å². The largest absolute Gasteiger partial charge is 0.493 e. The van der Waals surface area contributed by atoms with E-state index in [1.54, 1.807) is 0 Å². The summed E-state index contributed by atoms with van der Waals surface area (Å²) in [4.78, 5) is 0. The molecule has 0 spiro atoms. The van der Waals surface area contributed by atoms with E-state index in [4.69, 9.17) is 10.5 Å². The molecule has 2 nitrogen and oxygen atoms in total. The van der Waals surface area contributed by atoms with Gasteiger partial charge in [0.15, 0.2) is 0 Å². The summed E-state index contributed by atoms with van der Waals surface area (Å²) >= 11 is 0. The standard InChI is InChI=1S/C17H25NO/c18-16(9-7-13-4-1-2-5-13)14-8-10-17-15(12-14)6-3-11-19-17/h8,10,12-13,16H,1-7,9,11,18H2. The second-order valence-electron chi connectivity index (χ2n) is 6.15. The van der Waals surface area contributed by atoms with Crippen molar-refractivity contribution in [2.24, 2.45) is 11.7 Å². The lowest BCUT2D eigenvalue weighted by Crippen LogP contribution is -2.14. The molecule has 0 radical (unpaired) electrons. The van der Waals surface area contributed by atoms with Gasteiger partial charge in [-0.3, -0.25) is 0 Å². The Morgan fingerprint density at radius 1 is 1.21 bits per heavy atom. The molecule has 104 valence electrons. The van der Waals surface area contributed by atoms with E-state index in [0.717, 1.165) is 37.5 Å². The van der Waals surface area contributed by atoms with Crippen molar-refractivity contribution in [3.8, 4) is 5.75 Å². The van der Waals surface area contributed by atoms with Crippen LogP contribution in [0.25, 0.3) is 0 Å². The highest BCUT2D eigenvalue weighted by Crippen LogP contribution is 2.32. The number of hydrogen-bond acceptors (Lipinski definition) is 2. The maximum atomic E-state index is 6.37. The van der Waals surface area contributed by atoms with Crippen LogP contribution in [-0.2, 0) is 6.42 Å². The summed E-state index contributed by atoms with van der Waals surface area (Å²) in [5.41, 5.74) is 9.01. The lowest BCUT2D eigenvalue weighted by atomic mass is 9.93. The Kier molecular flexibility index (Phi) is 4.07. The molecule has 1 saturated carbocycles. The lowest BCUT2D eigenvalue weighted by molar-refractivity contribution is 0.288. The molecule has 1 unspecified atom stereocenters. The second kappa shape index (κ2) is 5.96. The Hall–Kier alpha value is -1.02. The number of benzene rings is 1. The van der Waals surface area contributed by atoms with Gasteiger partial charge in [-0.1, -0.05) is 37.8 Å². The molecule has 0 aromatic heterocycles. The summed E-state index contributed by atoms with van der Waals surface area (Å²) in [7, 11) is 0. The third-order valence-electron chi connectivity index (χ3n) is 4.72. The third-order valence-corrected chi connectivity index (χ3v) is 4.72. The highest BCUT2D eigenvalue weighted by atomic mass is 16.5. The van der Waals surface area contributed by atoms with E-state index in [9.17, 15) is 0 Å². The molecule has 1 aromatic carbocycles. The first kappa shape index (κ1) is 13.0. The van der Waals surface area contributed by atoms with Crippen molar-refractivity contribution in [2.45, 2.75) is 57.4 Å². The summed E-state index contributed by atoms with van der Waals surface area (Å²) in [6.07, 6.45) is 10.4. The van der Waals surface area contributed by atoms with E-state index in [2.05, 4.69) is 18.2 Å². The van der Waals surface area contributed by atoms with Crippen molar-refractivity contribution in [1.29, 1.82) is 0 Å². The van der Waals surface area contributed by atoms with Gasteiger partial charge in [-0.25, -0.2) is 0 Å². The van der Waals surface area contributed by atoms with Crippen LogP contribution in [-0.4, -0.2) is 6.61 Å². The van der Waals surface area contributed by atoms with Crippen LogP contribution in [0.5, 0.6) is 5.75 Å². The van der Waals surface area contributed by atoms with Crippen LogP contribution in [0.4, 0.5) is 0 Å². The topological polar surface area (TPSA) is 35.2 Å².